The normalized spacial score (nSPS) is 16.9. The largest absolute Gasteiger partial charge is 0.293 e. The summed E-state index contributed by atoms with van der Waals surface area (Å²) in [5.74, 6) is 0.648. The number of thiazole rings is 1. The summed E-state index contributed by atoms with van der Waals surface area (Å²) in [6.07, 6.45) is 5.54. The average molecular weight is 278 g/mol. The number of fused-ring (bicyclic) bond motifs is 1. The van der Waals surface area contributed by atoms with Gasteiger partial charge in [-0.05, 0) is 26.7 Å². The third-order valence-corrected chi connectivity index (χ3v) is 4.91. The van der Waals surface area contributed by atoms with Crippen LogP contribution in [0.15, 0.2) is 0 Å². The lowest BCUT2D eigenvalue weighted by Crippen LogP contribution is -2.25. The standard InChI is InChI=1S/C13H18N4OS/c1-8-9(2)19-13-15-12(16-17(8)13)14-11(18)10-6-4-3-5-7-10/h10H,3-7H2,1-2H3,(H,14,16,18). The van der Waals surface area contributed by atoms with Gasteiger partial charge in [-0.15, -0.1) is 5.10 Å². The van der Waals surface area contributed by atoms with E-state index in [1.807, 2.05) is 6.92 Å². The summed E-state index contributed by atoms with van der Waals surface area (Å²) in [6, 6.07) is 0. The van der Waals surface area contributed by atoms with E-state index in [-0.39, 0.29) is 11.8 Å². The van der Waals surface area contributed by atoms with Crippen LogP contribution in [0.1, 0.15) is 42.7 Å². The van der Waals surface area contributed by atoms with Crippen molar-refractivity contribution in [2.75, 3.05) is 5.32 Å². The summed E-state index contributed by atoms with van der Waals surface area (Å²) in [4.78, 5) is 18.5. The summed E-state index contributed by atoms with van der Waals surface area (Å²) in [6.45, 7) is 4.07. The van der Waals surface area contributed by atoms with Crippen LogP contribution in [-0.2, 0) is 4.79 Å². The van der Waals surface area contributed by atoms with E-state index in [0.717, 1.165) is 36.3 Å². The molecule has 3 rings (SSSR count). The second-order valence-electron chi connectivity index (χ2n) is 5.20. The predicted molar refractivity (Wildman–Crippen MR) is 75.5 cm³/mol. The van der Waals surface area contributed by atoms with Crippen molar-refractivity contribution in [3.05, 3.63) is 10.6 Å². The molecule has 0 unspecified atom stereocenters. The second kappa shape index (κ2) is 4.92. The topological polar surface area (TPSA) is 59.3 Å². The number of rotatable bonds is 2. The molecule has 2 aromatic rings. The van der Waals surface area contributed by atoms with Crippen molar-refractivity contribution in [3.8, 4) is 0 Å². The van der Waals surface area contributed by atoms with Crippen molar-refractivity contribution in [1.29, 1.82) is 0 Å². The number of hydrogen-bond acceptors (Lipinski definition) is 4. The molecule has 1 aliphatic carbocycles. The van der Waals surface area contributed by atoms with Gasteiger partial charge in [-0.1, -0.05) is 30.6 Å². The minimum Gasteiger partial charge on any atom is -0.293 e. The molecular weight excluding hydrogens is 260 g/mol. The first-order valence-corrected chi connectivity index (χ1v) is 7.60. The Labute approximate surface area is 116 Å². The number of amides is 1. The number of carbonyl (C=O) groups excluding carboxylic acids is 1. The summed E-state index contributed by atoms with van der Waals surface area (Å²) in [5.41, 5.74) is 1.09. The number of nitrogens with one attached hydrogen (secondary N) is 1. The van der Waals surface area contributed by atoms with Crippen LogP contribution in [0.4, 0.5) is 5.95 Å². The molecule has 102 valence electrons. The van der Waals surface area contributed by atoms with Gasteiger partial charge in [-0.25, -0.2) is 4.52 Å². The van der Waals surface area contributed by atoms with E-state index in [2.05, 4.69) is 22.3 Å². The van der Waals surface area contributed by atoms with Crippen LogP contribution in [0.5, 0.6) is 0 Å². The Bertz CT molecular complexity index is 609. The van der Waals surface area contributed by atoms with E-state index in [1.165, 1.54) is 11.3 Å². The minimum atomic E-state index is 0.0762. The van der Waals surface area contributed by atoms with E-state index < -0.39 is 0 Å². The molecule has 0 saturated heterocycles. The lowest BCUT2D eigenvalue weighted by molar-refractivity contribution is -0.120. The highest BCUT2D eigenvalue weighted by Crippen LogP contribution is 2.25. The summed E-state index contributed by atoms with van der Waals surface area (Å²) in [5, 5.41) is 7.21. The van der Waals surface area contributed by atoms with Crippen LogP contribution in [0.2, 0.25) is 0 Å². The summed E-state index contributed by atoms with van der Waals surface area (Å²) < 4.78 is 1.80. The fourth-order valence-corrected chi connectivity index (χ4v) is 3.48. The maximum Gasteiger partial charge on any atom is 0.250 e. The third kappa shape index (κ3) is 2.36. The maximum atomic E-state index is 12.1. The Morgan fingerprint density at radius 1 is 1.32 bits per heavy atom. The fourth-order valence-electron chi connectivity index (χ4n) is 2.57. The van der Waals surface area contributed by atoms with Crippen LogP contribution < -0.4 is 5.32 Å². The number of hydrogen-bond donors (Lipinski definition) is 1. The number of aryl methyl sites for hydroxylation is 2. The molecule has 0 atom stereocenters. The maximum absolute atomic E-state index is 12.1. The molecule has 5 nitrogen and oxygen atoms in total. The molecule has 1 amide bonds. The Morgan fingerprint density at radius 3 is 2.74 bits per heavy atom. The molecule has 19 heavy (non-hydrogen) atoms. The highest BCUT2D eigenvalue weighted by atomic mass is 32.1. The lowest BCUT2D eigenvalue weighted by Gasteiger charge is -2.19. The van der Waals surface area contributed by atoms with Crippen LogP contribution in [0, 0.1) is 19.8 Å². The molecule has 6 heteroatoms. The van der Waals surface area contributed by atoms with E-state index in [0.29, 0.717) is 5.95 Å². The molecule has 1 fully saturated rings. The van der Waals surface area contributed by atoms with E-state index in [9.17, 15) is 4.79 Å². The smallest absolute Gasteiger partial charge is 0.250 e. The Morgan fingerprint density at radius 2 is 2.05 bits per heavy atom. The quantitative estimate of drug-likeness (QED) is 0.918. The average Bonchev–Trinajstić information content (AvgIpc) is 2.91. The van der Waals surface area contributed by atoms with Gasteiger partial charge in [0.15, 0.2) is 0 Å². The highest BCUT2D eigenvalue weighted by Gasteiger charge is 2.22. The van der Waals surface area contributed by atoms with Gasteiger partial charge in [0.25, 0.3) is 0 Å². The molecule has 0 aromatic carbocycles. The van der Waals surface area contributed by atoms with Crippen molar-refractivity contribution in [2.24, 2.45) is 5.92 Å². The van der Waals surface area contributed by atoms with Gasteiger partial charge in [0.1, 0.15) is 0 Å². The molecule has 0 spiro atoms. The van der Waals surface area contributed by atoms with Crippen LogP contribution in [-0.4, -0.2) is 20.5 Å². The van der Waals surface area contributed by atoms with Gasteiger partial charge in [-0.3, -0.25) is 10.1 Å². The Kier molecular flexibility index (Phi) is 3.26. The molecule has 2 aromatic heterocycles. The lowest BCUT2D eigenvalue weighted by atomic mass is 9.89. The zero-order valence-corrected chi connectivity index (χ0v) is 12.1. The monoisotopic (exact) mass is 278 g/mol. The van der Waals surface area contributed by atoms with Gasteiger partial charge in [0.2, 0.25) is 16.8 Å². The Balaban J connectivity index is 1.75. The molecule has 0 aliphatic heterocycles. The molecule has 1 N–H and O–H groups in total. The molecule has 0 radical (unpaired) electrons. The van der Waals surface area contributed by atoms with Crippen molar-refractivity contribution in [3.63, 3.8) is 0 Å². The first kappa shape index (κ1) is 12.6. The first-order valence-electron chi connectivity index (χ1n) is 6.79. The van der Waals surface area contributed by atoms with Crippen LogP contribution in [0.3, 0.4) is 0 Å². The predicted octanol–water partition coefficient (Wildman–Crippen LogP) is 2.93. The minimum absolute atomic E-state index is 0.0762. The summed E-state index contributed by atoms with van der Waals surface area (Å²) >= 11 is 1.60. The number of nitrogens with zero attached hydrogens (tertiary/aromatic N) is 3. The van der Waals surface area contributed by atoms with Crippen molar-refractivity contribution in [2.45, 2.75) is 46.0 Å². The van der Waals surface area contributed by atoms with Crippen LogP contribution in [0.25, 0.3) is 4.96 Å². The molecule has 2 heterocycles. The summed E-state index contributed by atoms with van der Waals surface area (Å²) in [7, 11) is 0. The molecule has 1 aliphatic rings. The first-order chi connectivity index (χ1) is 9.15. The van der Waals surface area contributed by atoms with Crippen molar-refractivity contribution in [1.82, 2.24) is 14.6 Å². The molecule has 0 bridgehead atoms. The van der Waals surface area contributed by atoms with Gasteiger partial charge in [0, 0.05) is 10.8 Å². The van der Waals surface area contributed by atoms with Gasteiger partial charge in [-0.2, -0.15) is 4.98 Å². The number of aromatic nitrogens is 3. The highest BCUT2D eigenvalue weighted by molar-refractivity contribution is 7.17. The van der Waals surface area contributed by atoms with E-state index in [4.69, 9.17) is 0 Å². The van der Waals surface area contributed by atoms with E-state index in [1.54, 1.807) is 15.9 Å². The van der Waals surface area contributed by atoms with E-state index >= 15 is 0 Å². The number of carbonyl (C=O) groups is 1. The van der Waals surface area contributed by atoms with Gasteiger partial charge in [0.05, 0.1) is 5.69 Å². The van der Waals surface area contributed by atoms with Crippen LogP contribution >= 0.6 is 11.3 Å². The Hall–Kier alpha value is -1.43. The number of anilines is 1. The van der Waals surface area contributed by atoms with Gasteiger partial charge >= 0.3 is 0 Å². The SMILES string of the molecule is Cc1sc2nc(NC(=O)C3CCCCC3)nn2c1C. The zero-order chi connectivity index (χ0) is 13.4. The van der Waals surface area contributed by atoms with Crippen molar-refractivity contribution < 1.29 is 4.79 Å². The molecule has 1 saturated carbocycles. The molecular formula is C13H18N4OS. The van der Waals surface area contributed by atoms with Crippen molar-refractivity contribution >= 4 is 28.2 Å². The zero-order valence-electron chi connectivity index (χ0n) is 11.3. The second-order valence-corrected chi connectivity index (χ2v) is 6.38. The van der Waals surface area contributed by atoms with Gasteiger partial charge < -0.3 is 0 Å². The third-order valence-electron chi connectivity index (χ3n) is 3.86. The fraction of sp³-hybridized carbons (Fsp3) is 0.615.